The van der Waals surface area contributed by atoms with Gasteiger partial charge in [-0.1, -0.05) is 12.1 Å². The maximum atomic E-state index is 10.9. The molecule has 6 nitrogen and oxygen atoms in total. The number of aryl methyl sites for hydroxylation is 1. The molecule has 7 heteroatoms. The van der Waals surface area contributed by atoms with Gasteiger partial charge < -0.3 is 14.4 Å². The van der Waals surface area contributed by atoms with Crippen molar-refractivity contribution in [2.45, 2.75) is 20.0 Å². The van der Waals surface area contributed by atoms with E-state index in [1.165, 1.54) is 12.1 Å². The highest BCUT2D eigenvalue weighted by Crippen LogP contribution is 2.26. The predicted octanol–water partition coefficient (Wildman–Crippen LogP) is 2.67. The highest BCUT2D eigenvalue weighted by Gasteiger charge is 2.10. The van der Waals surface area contributed by atoms with Crippen LogP contribution in [0.5, 0.6) is 5.75 Å². The fourth-order valence-corrected chi connectivity index (χ4v) is 1.74. The molecule has 0 spiro atoms. The summed E-state index contributed by atoms with van der Waals surface area (Å²) in [4.78, 5) is 15.0. The predicted molar refractivity (Wildman–Crippen MR) is 69.1 cm³/mol. The molecule has 0 saturated carbocycles. The number of carbonyl (C=O) groups is 1. The van der Waals surface area contributed by atoms with E-state index in [1.54, 1.807) is 6.07 Å². The molecule has 1 N–H and O–H groups in total. The molecule has 0 aliphatic rings. The smallest absolute Gasteiger partial charge is 0.335 e. The molecule has 0 bridgehead atoms. The molecule has 0 amide bonds. The first-order valence-corrected chi connectivity index (χ1v) is 6.36. The summed E-state index contributed by atoms with van der Waals surface area (Å²) in [5, 5.41) is 12.7. The summed E-state index contributed by atoms with van der Waals surface area (Å²) in [5.41, 5.74) is 0.153. The average molecular weight is 327 g/mol. The molecular formula is C12H11BrN2O4. The van der Waals surface area contributed by atoms with E-state index in [0.29, 0.717) is 28.4 Å². The van der Waals surface area contributed by atoms with Crippen molar-refractivity contribution in [2.24, 2.45) is 0 Å². The number of hydrogen-bond donors (Lipinski definition) is 1. The lowest BCUT2D eigenvalue weighted by Gasteiger charge is -2.06. The second-order valence-corrected chi connectivity index (χ2v) is 4.55. The van der Waals surface area contributed by atoms with E-state index in [-0.39, 0.29) is 12.2 Å². The second-order valence-electron chi connectivity index (χ2n) is 3.70. The van der Waals surface area contributed by atoms with Crippen LogP contribution in [0.15, 0.2) is 27.2 Å². The van der Waals surface area contributed by atoms with E-state index < -0.39 is 5.97 Å². The van der Waals surface area contributed by atoms with Gasteiger partial charge in [-0.2, -0.15) is 4.98 Å². The fourth-order valence-electron chi connectivity index (χ4n) is 1.38. The zero-order valence-electron chi connectivity index (χ0n) is 10.1. The molecule has 0 atom stereocenters. The summed E-state index contributed by atoms with van der Waals surface area (Å²) < 4.78 is 11.1. The monoisotopic (exact) mass is 326 g/mol. The van der Waals surface area contributed by atoms with Gasteiger partial charge in [0.25, 0.3) is 0 Å². The third kappa shape index (κ3) is 3.31. The van der Waals surface area contributed by atoms with Gasteiger partial charge >= 0.3 is 5.97 Å². The van der Waals surface area contributed by atoms with Gasteiger partial charge in [-0.05, 0) is 34.1 Å². The van der Waals surface area contributed by atoms with Crippen LogP contribution in [0.3, 0.4) is 0 Å². The first kappa shape index (κ1) is 13.5. The van der Waals surface area contributed by atoms with E-state index in [0.717, 1.165) is 0 Å². The Labute approximate surface area is 117 Å². The van der Waals surface area contributed by atoms with Crippen LogP contribution in [0.25, 0.3) is 0 Å². The van der Waals surface area contributed by atoms with Crippen molar-refractivity contribution in [3.05, 3.63) is 40.0 Å². The molecule has 0 saturated heterocycles. The Morgan fingerprint density at radius 3 is 2.95 bits per heavy atom. The van der Waals surface area contributed by atoms with Crippen LogP contribution >= 0.6 is 15.9 Å². The number of ether oxygens (including phenoxy) is 1. The van der Waals surface area contributed by atoms with E-state index >= 15 is 0 Å². The van der Waals surface area contributed by atoms with Gasteiger partial charge in [0.1, 0.15) is 5.75 Å². The van der Waals surface area contributed by atoms with E-state index in [1.807, 2.05) is 6.92 Å². The Balaban J connectivity index is 2.10. The van der Waals surface area contributed by atoms with E-state index in [2.05, 4.69) is 26.1 Å². The van der Waals surface area contributed by atoms with Crippen LogP contribution in [0.1, 0.15) is 29.0 Å². The van der Waals surface area contributed by atoms with Gasteiger partial charge in [-0.25, -0.2) is 4.79 Å². The zero-order valence-corrected chi connectivity index (χ0v) is 11.7. The minimum atomic E-state index is -1.01. The van der Waals surface area contributed by atoms with Crippen molar-refractivity contribution >= 4 is 21.9 Å². The van der Waals surface area contributed by atoms with Gasteiger partial charge in [-0.15, -0.1) is 0 Å². The largest absolute Gasteiger partial charge is 0.484 e. The summed E-state index contributed by atoms with van der Waals surface area (Å²) in [6, 6.07) is 4.54. The number of nitrogens with zero attached hydrogens (tertiary/aromatic N) is 2. The molecule has 100 valence electrons. The Bertz CT molecular complexity index is 597. The first-order valence-electron chi connectivity index (χ1n) is 5.57. The standard InChI is InChI=1S/C12H11BrN2O4/c1-2-11-14-10(15-19-11)6-18-9-5-7(12(16)17)3-4-8(9)13/h3-5H,2,6H2,1H3,(H,16,17). The summed E-state index contributed by atoms with van der Waals surface area (Å²) in [5.74, 6) is 0.370. The van der Waals surface area contributed by atoms with Gasteiger partial charge in [0.15, 0.2) is 6.61 Å². The molecule has 1 aromatic carbocycles. The zero-order chi connectivity index (χ0) is 13.8. The van der Waals surface area contributed by atoms with Crippen LogP contribution in [0.2, 0.25) is 0 Å². The van der Waals surface area contributed by atoms with Crippen LogP contribution in [-0.2, 0) is 13.0 Å². The molecule has 19 heavy (non-hydrogen) atoms. The molecule has 0 aliphatic carbocycles. The third-order valence-corrected chi connectivity index (χ3v) is 3.00. The molecule has 2 rings (SSSR count). The molecule has 0 unspecified atom stereocenters. The maximum Gasteiger partial charge on any atom is 0.335 e. The van der Waals surface area contributed by atoms with Crippen molar-refractivity contribution in [3.63, 3.8) is 0 Å². The highest BCUT2D eigenvalue weighted by atomic mass is 79.9. The molecule has 1 aromatic heterocycles. The number of carboxylic acids is 1. The number of aromatic nitrogens is 2. The summed E-state index contributed by atoms with van der Waals surface area (Å²) in [6.45, 7) is 2.02. The first-order chi connectivity index (χ1) is 9.10. The SMILES string of the molecule is CCc1nc(COc2cc(C(=O)O)ccc2Br)no1. The highest BCUT2D eigenvalue weighted by molar-refractivity contribution is 9.10. The van der Waals surface area contributed by atoms with Crippen LogP contribution < -0.4 is 4.74 Å². The van der Waals surface area contributed by atoms with Crippen molar-refractivity contribution in [1.29, 1.82) is 0 Å². The topological polar surface area (TPSA) is 85.5 Å². The molecule has 0 radical (unpaired) electrons. The van der Waals surface area contributed by atoms with Crippen LogP contribution in [0, 0.1) is 0 Å². The van der Waals surface area contributed by atoms with E-state index in [4.69, 9.17) is 14.4 Å². The van der Waals surface area contributed by atoms with Gasteiger partial charge in [0, 0.05) is 6.42 Å². The average Bonchev–Trinajstić information content (AvgIpc) is 2.85. The van der Waals surface area contributed by atoms with Gasteiger partial charge in [0.2, 0.25) is 11.7 Å². The van der Waals surface area contributed by atoms with Crippen molar-refractivity contribution in [1.82, 2.24) is 10.1 Å². The summed E-state index contributed by atoms with van der Waals surface area (Å²) >= 11 is 3.29. The number of carboxylic acid groups (broad SMARTS) is 1. The lowest BCUT2D eigenvalue weighted by Crippen LogP contribution is -2.01. The lowest BCUT2D eigenvalue weighted by molar-refractivity contribution is 0.0696. The van der Waals surface area contributed by atoms with E-state index in [9.17, 15) is 4.79 Å². The molecule has 1 heterocycles. The second kappa shape index (κ2) is 5.83. The van der Waals surface area contributed by atoms with Crippen molar-refractivity contribution in [2.75, 3.05) is 0 Å². The minimum Gasteiger partial charge on any atom is -0.484 e. The van der Waals surface area contributed by atoms with Crippen LogP contribution in [-0.4, -0.2) is 21.2 Å². The number of hydrogen-bond acceptors (Lipinski definition) is 5. The third-order valence-electron chi connectivity index (χ3n) is 2.35. The molecular weight excluding hydrogens is 316 g/mol. The van der Waals surface area contributed by atoms with Gasteiger partial charge in [0.05, 0.1) is 10.0 Å². The summed E-state index contributed by atoms with van der Waals surface area (Å²) in [7, 11) is 0. The number of benzene rings is 1. The Morgan fingerprint density at radius 1 is 1.53 bits per heavy atom. The Morgan fingerprint density at radius 2 is 2.32 bits per heavy atom. The minimum absolute atomic E-state index is 0.116. The molecule has 2 aromatic rings. The lowest BCUT2D eigenvalue weighted by atomic mass is 10.2. The fraction of sp³-hybridized carbons (Fsp3) is 0.250. The Kier molecular flexibility index (Phi) is 4.16. The quantitative estimate of drug-likeness (QED) is 0.909. The normalized spacial score (nSPS) is 10.4. The van der Waals surface area contributed by atoms with Crippen molar-refractivity contribution in [3.8, 4) is 5.75 Å². The molecule has 0 fully saturated rings. The summed E-state index contributed by atoms with van der Waals surface area (Å²) in [6.07, 6.45) is 0.658. The van der Waals surface area contributed by atoms with Crippen molar-refractivity contribution < 1.29 is 19.2 Å². The number of rotatable bonds is 5. The Hall–Kier alpha value is -1.89. The molecule has 0 aliphatic heterocycles. The van der Waals surface area contributed by atoms with Crippen LogP contribution in [0.4, 0.5) is 0 Å². The maximum absolute atomic E-state index is 10.9. The number of halogens is 1. The van der Waals surface area contributed by atoms with Gasteiger partial charge in [-0.3, -0.25) is 0 Å². The number of aromatic carboxylic acids is 1.